The monoisotopic (exact) mass is 333 g/mol. The summed E-state index contributed by atoms with van der Waals surface area (Å²) >= 11 is 0. The highest BCUT2D eigenvalue weighted by molar-refractivity contribution is 6.09. The fraction of sp³-hybridized carbons (Fsp3) is 0.444. The van der Waals surface area contributed by atoms with Crippen LogP contribution in [0.1, 0.15) is 25.5 Å². The Labute approximate surface area is 141 Å². The molecule has 1 amide bonds. The Bertz CT molecular complexity index is 648. The molecular formula is C18H23NO5. The largest absolute Gasteiger partial charge is 0.503 e. The first kappa shape index (κ1) is 18.0. The Hall–Kier alpha value is -2.34. The van der Waals surface area contributed by atoms with Gasteiger partial charge in [-0.05, 0) is 17.7 Å². The molecule has 0 aromatic heterocycles. The number of methoxy groups -OCH3 is 2. The molecule has 0 saturated carbocycles. The number of amides is 1. The summed E-state index contributed by atoms with van der Waals surface area (Å²) in [7, 11) is 3.11. The Morgan fingerprint density at radius 3 is 2.38 bits per heavy atom. The number of carbonyl (C=O) groups is 2. The van der Waals surface area contributed by atoms with Crippen LogP contribution in [0.15, 0.2) is 35.6 Å². The molecule has 0 saturated heterocycles. The van der Waals surface area contributed by atoms with Gasteiger partial charge in [-0.25, -0.2) is 0 Å². The summed E-state index contributed by atoms with van der Waals surface area (Å²) in [6.45, 7) is 4.09. The zero-order valence-corrected chi connectivity index (χ0v) is 14.4. The van der Waals surface area contributed by atoms with Crippen molar-refractivity contribution in [2.75, 3.05) is 27.4 Å². The van der Waals surface area contributed by atoms with Crippen molar-refractivity contribution in [3.05, 3.63) is 41.2 Å². The molecule has 1 atom stereocenters. The average molecular weight is 333 g/mol. The average Bonchev–Trinajstić information content (AvgIpc) is 2.83. The van der Waals surface area contributed by atoms with Crippen LogP contribution in [-0.2, 0) is 14.3 Å². The molecule has 0 spiro atoms. The Morgan fingerprint density at radius 1 is 1.25 bits per heavy atom. The van der Waals surface area contributed by atoms with Crippen LogP contribution in [0.2, 0.25) is 0 Å². The molecule has 6 nitrogen and oxygen atoms in total. The van der Waals surface area contributed by atoms with Crippen LogP contribution in [0, 0.1) is 5.92 Å². The molecule has 0 bridgehead atoms. The van der Waals surface area contributed by atoms with Crippen molar-refractivity contribution in [1.29, 1.82) is 0 Å². The van der Waals surface area contributed by atoms with E-state index in [9.17, 15) is 14.7 Å². The van der Waals surface area contributed by atoms with Crippen LogP contribution in [0.3, 0.4) is 0 Å². The fourth-order valence-electron chi connectivity index (χ4n) is 2.77. The Balaban J connectivity index is 2.48. The maximum absolute atomic E-state index is 12.6. The van der Waals surface area contributed by atoms with E-state index in [1.165, 1.54) is 12.0 Å². The smallest absolute Gasteiger partial charge is 0.290 e. The van der Waals surface area contributed by atoms with E-state index >= 15 is 0 Å². The van der Waals surface area contributed by atoms with Crippen molar-refractivity contribution in [3.63, 3.8) is 0 Å². The number of aliphatic hydroxyl groups excluding tert-OH is 1. The molecule has 1 aromatic rings. The number of nitrogens with zero attached hydrogens (tertiary/aromatic N) is 1. The number of rotatable bonds is 7. The number of Topliss-reactive ketones (excluding diaryl/α,β-unsaturated/α-hetero) is 1. The number of aliphatic hydroxyl groups is 1. The van der Waals surface area contributed by atoms with Gasteiger partial charge < -0.3 is 19.5 Å². The van der Waals surface area contributed by atoms with E-state index in [-0.39, 0.29) is 23.8 Å². The molecule has 2 rings (SSSR count). The number of hydrogen-bond acceptors (Lipinski definition) is 5. The van der Waals surface area contributed by atoms with Gasteiger partial charge in [-0.3, -0.25) is 9.59 Å². The van der Waals surface area contributed by atoms with Gasteiger partial charge in [-0.15, -0.1) is 0 Å². The minimum atomic E-state index is -0.617. The highest BCUT2D eigenvalue weighted by atomic mass is 16.5. The number of ether oxygens (including phenoxy) is 2. The normalized spacial score (nSPS) is 17.8. The summed E-state index contributed by atoms with van der Waals surface area (Å²) in [5.74, 6) is -0.890. The zero-order chi connectivity index (χ0) is 17.9. The summed E-state index contributed by atoms with van der Waals surface area (Å²) in [5, 5.41) is 10.3. The number of hydrogen-bond donors (Lipinski definition) is 1. The Kier molecular flexibility index (Phi) is 5.62. The molecule has 6 heteroatoms. The summed E-state index contributed by atoms with van der Waals surface area (Å²) in [4.78, 5) is 26.5. The van der Waals surface area contributed by atoms with Gasteiger partial charge in [-0.1, -0.05) is 26.0 Å². The van der Waals surface area contributed by atoms with Crippen LogP contribution in [-0.4, -0.2) is 49.1 Å². The van der Waals surface area contributed by atoms with Crippen LogP contribution in [0.5, 0.6) is 5.75 Å². The van der Waals surface area contributed by atoms with Crippen molar-refractivity contribution < 1.29 is 24.2 Å². The Morgan fingerprint density at radius 2 is 1.88 bits per heavy atom. The van der Waals surface area contributed by atoms with Crippen LogP contribution in [0.4, 0.5) is 0 Å². The quantitative estimate of drug-likeness (QED) is 0.828. The number of carbonyl (C=O) groups excluding carboxylic acids is 2. The molecule has 0 radical (unpaired) electrons. The van der Waals surface area contributed by atoms with Crippen molar-refractivity contribution in [1.82, 2.24) is 4.90 Å². The lowest BCUT2D eigenvalue weighted by molar-refractivity contribution is -0.130. The third kappa shape index (κ3) is 3.28. The van der Waals surface area contributed by atoms with Crippen molar-refractivity contribution in [2.24, 2.45) is 5.92 Å². The molecule has 0 fully saturated rings. The summed E-state index contributed by atoms with van der Waals surface area (Å²) < 4.78 is 10.2. The van der Waals surface area contributed by atoms with Gasteiger partial charge in [0.15, 0.2) is 11.5 Å². The lowest BCUT2D eigenvalue weighted by Crippen LogP contribution is -2.34. The highest BCUT2D eigenvalue weighted by Gasteiger charge is 2.43. The van der Waals surface area contributed by atoms with Gasteiger partial charge in [0, 0.05) is 19.6 Å². The van der Waals surface area contributed by atoms with Crippen molar-refractivity contribution in [2.45, 2.75) is 19.9 Å². The van der Waals surface area contributed by atoms with E-state index in [1.807, 2.05) is 0 Å². The topological polar surface area (TPSA) is 76.1 Å². The number of benzene rings is 1. The second kappa shape index (κ2) is 7.49. The molecule has 130 valence electrons. The maximum Gasteiger partial charge on any atom is 0.290 e. The molecular weight excluding hydrogens is 310 g/mol. The van der Waals surface area contributed by atoms with E-state index in [0.717, 1.165) is 5.56 Å². The van der Waals surface area contributed by atoms with Gasteiger partial charge >= 0.3 is 0 Å². The second-order valence-electron chi connectivity index (χ2n) is 5.95. The lowest BCUT2D eigenvalue weighted by atomic mass is 9.91. The van der Waals surface area contributed by atoms with E-state index in [1.54, 1.807) is 45.2 Å². The van der Waals surface area contributed by atoms with Gasteiger partial charge in [0.25, 0.3) is 5.91 Å². The third-order valence-electron chi connectivity index (χ3n) is 4.06. The van der Waals surface area contributed by atoms with E-state index in [0.29, 0.717) is 12.4 Å². The first-order valence-corrected chi connectivity index (χ1v) is 7.83. The SMILES string of the molecule is COCCN1C(=O)C(O)=C(C(=O)C(C)C)C1c1ccc(OC)cc1. The van der Waals surface area contributed by atoms with E-state index in [2.05, 4.69) is 0 Å². The summed E-state index contributed by atoms with van der Waals surface area (Å²) in [6.07, 6.45) is 0. The predicted octanol–water partition coefficient (Wildman–Crippen LogP) is 2.26. The first-order chi connectivity index (χ1) is 11.4. The summed E-state index contributed by atoms with van der Waals surface area (Å²) in [6, 6.07) is 6.50. The van der Waals surface area contributed by atoms with Crippen LogP contribution >= 0.6 is 0 Å². The molecule has 0 aliphatic carbocycles. The first-order valence-electron chi connectivity index (χ1n) is 7.83. The highest BCUT2D eigenvalue weighted by Crippen LogP contribution is 2.39. The number of ketones is 1. The fourth-order valence-corrected chi connectivity index (χ4v) is 2.77. The maximum atomic E-state index is 12.6. The lowest BCUT2D eigenvalue weighted by Gasteiger charge is -2.27. The molecule has 1 unspecified atom stereocenters. The minimum Gasteiger partial charge on any atom is -0.503 e. The van der Waals surface area contributed by atoms with Gasteiger partial charge in [0.2, 0.25) is 0 Å². The molecule has 24 heavy (non-hydrogen) atoms. The predicted molar refractivity (Wildman–Crippen MR) is 88.8 cm³/mol. The van der Waals surface area contributed by atoms with Crippen molar-refractivity contribution >= 4 is 11.7 Å². The zero-order valence-electron chi connectivity index (χ0n) is 14.4. The third-order valence-corrected chi connectivity index (χ3v) is 4.06. The minimum absolute atomic E-state index is 0.149. The summed E-state index contributed by atoms with van der Waals surface area (Å²) in [5.41, 5.74) is 0.893. The van der Waals surface area contributed by atoms with Crippen molar-refractivity contribution in [3.8, 4) is 5.75 Å². The molecule has 1 aliphatic rings. The molecule has 1 heterocycles. The van der Waals surface area contributed by atoms with E-state index < -0.39 is 17.7 Å². The molecule has 1 N–H and O–H groups in total. The standard InChI is InChI=1S/C18H23NO5/c1-11(2)16(20)14-15(12-5-7-13(24-4)8-6-12)19(9-10-23-3)18(22)17(14)21/h5-8,11,15,21H,9-10H2,1-4H3. The van der Waals surface area contributed by atoms with Gasteiger partial charge in [-0.2, -0.15) is 0 Å². The molecule has 1 aromatic carbocycles. The molecule has 1 aliphatic heterocycles. The van der Waals surface area contributed by atoms with Gasteiger partial charge in [0.1, 0.15) is 5.75 Å². The van der Waals surface area contributed by atoms with Crippen LogP contribution < -0.4 is 4.74 Å². The second-order valence-corrected chi connectivity index (χ2v) is 5.95. The van der Waals surface area contributed by atoms with Crippen LogP contribution in [0.25, 0.3) is 0 Å². The van der Waals surface area contributed by atoms with E-state index in [4.69, 9.17) is 9.47 Å². The van der Waals surface area contributed by atoms with Gasteiger partial charge in [0.05, 0.1) is 25.3 Å².